The maximum atomic E-state index is 13.6. The summed E-state index contributed by atoms with van der Waals surface area (Å²) in [5.41, 5.74) is 7.89. The summed E-state index contributed by atoms with van der Waals surface area (Å²) in [4.78, 5) is 23.9. The zero-order valence-corrected chi connectivity index (χ0v) is 14.7. The van der Waals surface area contributed by atoms with Crippen molar-refractivity contribution in [2.75, 3.05) is 18.2 Å². The molecule has 1 aromatic heterocycles. The van der Waals surface area contributed by atoms with E-state index in [1.54, 1.807) is 43.3 Å². The summed E-state index contributed by atoms with van der Waals surface area (Å²) in [7, 11) is 1.26. The molecule has 0 radical (unpaired) electrons. The number of carbonyl (C=O) groups excluding carboxylic acids is 2. The number of nitrogens with one attached hydrogen (secondary N) is 1. The molecule has 0 spiro atoms. The fraction of sp³-hybridized carbons (Fsp3) is 0.105. The Labute approximate surface area is 154 Å². The van der Waals surface area contributed by atoms with Crippen LogP contribution < -0.4 is 11.1 Å². The molecule has 1 amide bonds. The van der Waals surface area contributed by atoms with Crippen molar-refractivity contribution in [1.82, 2.24) is 9.78 Å². The van der Waals surface area contributed by atoms with Crippen molar-refractivity contribution in [3.05, 3.63) is 71.2 Å². The van der Waals surface area contributed by atoms with Crippen molar-refractivity contribution in [2.45, 2.75) is 6.92 Å². The minimum Gasteiger partial charge on any atom is -0.465 e. The molecule has 0 fully saturated rings. The van der Waals surface area contributed by atoms with Gasteiger partial charge >= 0.3 is 5.97 Å². The third-order valence-electron chi connectivity index (χ3n) is 4.02. The van der Waals surface area contributed by atoms with Crippen molar-refractivity contribution in [3.63, 3.8) is 0 Å². The minimum absolute atomic E-state index is 0.134. The lowest BCUT2D eigenvalue weighted by Crippen LogP contribution is -2.12. The molecule has 0 atom stereocenters. The number of carbonyl (C=O) groups is 2. The second-order valence-electron chi connectivity index (χ2n) is 5.81. The minimum atomic E-state index is -0.583. The van der Waals surface area contributed by atoms with E-state index in [4.69, 9.17) is 5.73 Å². The number of halogens is 1. The van der Waals surface area contributed by atoms with Crippen LogP contribution in [0.15, 0.2) is 48.7 Å². The largest absolute Gasteiger partial charge is 0.465 e. The first-order valence-electron chi connectivity index (χ1n) is 8.00. The number of nitrogens with zero attached hydrogens (tertiary/aromatic N) is 2. The highest BCUT2D eigenvalue weighted by molar-refractivity contribution is 6.04. The van der Waals surface area contributed by atoms with Crippen LogP contribution in [0.5, 0.6) is 0 Å². The maximum Gasteiger partial charge on any atom is 0.343 e. The van der Waals surface area contributed by atoms with E-state index in [0.29, 0.717) is 22.5 Å². The molecule has 2 aromatic carbocycles. The predicted molar refractivity (Wildman–Crippen MR) is 98.4 cm³/mol. The average Bonchev–Trinajstić information content (AvgIpc) is 3.05. The lowest BCUT2D eigenvalue weighted by Gasteiger charge is -2.08. The molecule has 1 heterocycles. The summed E-state index contributed by atoms with van der Waals surface area (Å²) in [6.07, 6.45) is 1.31. The Kier molecular flexibility index (Phi) is 4.89. The number of hydrogen-bond acceptors (Lipinski definition) is 5. The van der Waals surface area contributed by atoms with Crippen LogP contribution in [0, 0.1) is 12.7 Å². The van der Waals surface area contributed by atoms with E-state index in [0.717, 1.165) is 0 Å². The monoisotopic (exact) mass is 368 g/mol. The van der Waals surface area contributed by atoms with Crippen molar-refractivity contribution in [1.29, 1.82) is 0 Å². The summed E-state index contributed by atoms with van der Waals surface area (Å²) < 4.78 is 19.6. The van der Waals surface area contributed by atoms with Gasteiger partial charge in [-0.05, 0) is 48.9 Å². The number of amides is 1. The summed E-state index contributed by atoms with van der Waals surface area (Å²) in [6, 6.07) is 10.9. The molecule has 0 saturated carbocycles. The van der Waals surface area contributed by atoms with Gasteiger partial charge in [0, 0.05) is 11.3 Å². The van der Waals surface area contributed by atoms with Gasteiger partial charge in [-0.25, -0.2) is 13.9 Å². The molecule has 138 valence electrons. The van der Waals surface area contributed by atoms with Gasteiger partial charge in [-0.1, -0.05) is 6.07 Å². The first-order chi connectivity index (χ1) is 12.9. The van der Waals surface area contributed by atoms with E-state index >= 15 is 0 Å². The Morgan fingerprint density at radius 1 is 1.19 bits per heavy atom. The van der Waals surface area contributed by atoms with Crippen LogP contribution in [0.1, 0.15) is 26.3 Å². The van der Waals surface area contributed by atoms with E-state index in [9.17, 15) is 14.0 Å². The SMILES string of the molecule is COC(=O)c1cnn(-c2ccc(C(=O)Nc3ccc(C)c(F)c3)cc2)c1N. The van der Waals surface area contributed by atoms with Gasteiger partial charge in [-0.2, -0.15) is 5.10 Å². The standard InChI is InChI=1S/C19H17FN4O3/c1-11-3-6-13(9-16(11)20)23-18(25)12-4-7-14(8-5-12)24-17(21)15(10-22-24)19(26)27-2/h3-10H,21H2,1-2H3,(H,23,25). The summed E-state index contributed by atoms with van der Waals surface area (Å²) >= 11 is 0. The molecule has 8 heteroatoms. The van der Waals surface area contributed by atoms with E-state index < -0.39 is 11.8 Å². The van der Waals surface area contributed by atoms with Gasteiger partial charge in [-0.3, -0.25) is 4.79 Å². The van der Waals surface area contributed by atoms with E-state index in [1.165, 1.54) is 24.1 Å². The van der Waals surface area contributed by atoms with Crippen molar-refractivity contribution >= 4 is 23.4 Å². The first-order valence-corrected chi connectivity index (χ1v) is 8.00. The zero-order valence-electron chi connectivity index (χ0n) is 14.7. The second-order valence-corrected chi connectivity index (χ2v) is 5.81. The number of aryl methyl sites for hydroxylation is 1. The van der Waals surface area contributed by atoms with E-state index in [1.807, 2.05) is 0 Å². The Bertz CT molecular complexity index is 1010. The van der Waals surface area contributed by atoms with Crippen LogP contribution in [-0.2, 0) is 4.74 Å². The first kappa shape index (κ1) is 18.1. The molecular formula is C19H17FN4O3. The molecule has 0 bridgehead atoms. The zero-order chi connectivity index (χ0) is 19.6. The topological polar surface area (TPSA) is 99.2 Å². The highest BCUT2D eigenvalue weighted by Gasteiger charge is 2.16. The number of rotatable bonds is 4. The van der Waals surface area contributed by atoms with Gasteiger partial charge in [0.1, 0.15) is 17.2 Å². The smallest absolute Gasteiger partial charge is 0.343 e. The van der Waals surface area contributed by atoms with Gasteiger partial charge < -0.3 is 15.8 Å². The molecule has 0 aliphatic heterocycles. The van der Waals surface area contributed by atoms with Crippen molar-refractivity contribution in [3.8, 4) is 5.69 Å². The van der Waals surface area contributed by atoms with Gasteiger partial charge in [0.15, 0.2) is 0 Å². The molecule has 0 aliphatic rings. The summed E-state index contributed by atoms with van der Waals surface area (Å²) in [6.45, 7) is 1.65. The summed E-state index contributed by atoms with van der Waals surface area (Å²) in [5, 5.41) is 6.70. The number of anilines is 2. The number of aromatic nitrogens is 2. The molecular weight excluding hydrogens is 351 g/mol. The van der Waals surface area contributed by atoms with E-state index in [2.05, 4.69) is 15.2 Å². The fourth-order valence-electron chi connectivity index (χ4n) is 2.46. The Hall–Kier alpha value is -3.68. The van der Waals surface area contributed by atoms with Crippen molar-refractivity contribution < 1.29 is 18.7 Å². The molecule has 0 unspecified atom stereocenters. The van der Waals surface area contributed by atoms with E-state index in [-0.39, 0.29) is 17.3 Å². The Morgan fingerprint density at radius 2 is 1.89 bits per heavy atom. The molecule has 0 saturated heterocycles. The number of benzene rings is 2. The Balaban J connectivity index is 1.79. The predicted octanol–water partition coefficient (Wildman–Crippen LogP) is 2.94. The van der Waals surface area contributed by atoms with Gasteiger partial charge in [0.2, 0.25) is 0 Å². The maximum absolute atomic E-state index is 13.6. The number of ether oxygens (including phenoxy) is 1. The van der Waals surface area contributed by atoms with Gasteiger partial charge in [0.25, 0.3) is 5.91 Å². The second kappa shape index (κ2) is 7.28. The number of nitrogens with two attached hydrogens (primary N) is 1. The third-order valence-corrected chi connectivity index (χ3v) is 4.02. The number of nitrogen functional groups attached to an aromatic ring is 1. The molecule has 27 heavy (non-hydrogen) atoms. The number of methoxy groups -OCH3 is 1. The highest BCUT2D eigenvalue weighted by atomic mass is 19.1. The normalized spacial score (nSPS) is 10.5. The lowest BCUT2D eigenvalue weighted by atomic mass is 10.1. The van der Waals surface area contributed by atoms with Crippen LogP contribution in [-0.4, -0.2) is 28.8 Å². The molecule has 7 nitrogen and oxygen atoms in total. The molecule has 3 aromatic rings. The van der Waals surface area contributed by atoms with Crippen LogP contribution in [0.2, 0.25) is 0 Å². The van der Waals surface area contributed by atoms with Crippen molar-refractivity contribution in [2.24, 2.45) is 0 Å². The highest BCUT2D eigenvalue weighted by Crippen LogP contribution is 2.19. The average molecular weight is 368 g/mol. The third kappa shape index (κ3) is 3.64. The summed E-state index contributed by atoms with van der Waals surface area (Å²) in [5.74, 6) is -1.22. The fourth-order valence-corrected chi connectivity index (χ4v) is 2.46. The number of hydrogen-bond donors (Lipinski definition) is 2. The Morgan fingerprint density at radius 3 is 2.52 bits per heavy atom. The van der Waals surface area contributed by atoms with Gasteiger partial charge in [-0.15, -0.1) is 0 Å². The van der Waals surface area contributed by atoms with Crippen LogP contribution in [0.25, 0.3) is 5.69 Å². The molecule has 3 N–H and O–H groups in total. The van der Waals surface area contributed by atoms with Gasteiger partial charge in [0.05, 0.1) is 19.0 Å². The number of esters is 1. The van der Waals surface area contributed by atoms with Crippen LogP contribution in [0.4, 0.5) is 15.9 Å². The molecule has 0 aliphatic carbocycles. The van der Waals surface area contributed by atoms with Crippen LogP contribution >= 0.6 is 0 Å². The lowest BCUT2D eigenvalue weighted by molar-refractivity contribution is 0.0602. The van der Waals surface area contributed by atoms with Crippen LogP contribution in [0.3, 0.4) is 0 Å². The quantitative estimate of drug-likeness (QED) is 0.690. The molecule has 3 rings (SSSR count).